The van der Waals surface area contributed by atoms with Crippen LogP contribution in [0.2, 0.25) is 0 Å². The quantitative estimate of drug-likeness (QED) is 0.0217. The van der Waals surface area contributed by atoms with Crippen LogP contribution in [0.15, 0.2) is 59.4 Å². The normalized spacial score (nSPS) is 16.8. The number of benzene rings is 2. The minimum Gasteiger partial charge on any atom is -0.458 e. The first-order chi connectivity index (χ1) is 39.9. The van der Waals surface area contributed by atoms with E-state index in [2.05, 4.69) is 26.6 Å². The Morgan fingerprint density at radius 1 is 0.795 bits per heavy atom. The van der Waals surface area contributed by atoms with Gasteiger partial charge in [0.2, 0.25) is 29.5 Å². The van der Waals surface area contributed by atoms with Gasteiger partial charge in [-0.3, -0.25) is 52.8 Å². The molecule has 83 heavy (non-hydrogen) atoms. The Morgan fingerprint density at radius 3 is 2.24 bits per heavy atom. The lowest BCUT2D eigenvalue weighted by Crippen LogP contribution is -2.44. The number of amides is 7. The van der Waals surface area contributed by atoms with Crippen molar-refractivity contribution < 1.29 is 71.7 Å². The molecular weight excluding hydrogens is 1080 g/mol. The number of hydrogen-bond acceptors (Lipinski definition) is 16. The van der Waals surface area contributed by atoms with Crippen LogP contribution in [-0.4, -0.2) is 137 Å². The van der Waals surface area contributed by atoms with E-state index in [1.165, 1.54) is 10.6 Å². The molecule has 3 atom stereocenters. The zero-order valence-electron chi connectivity index (χ0n) is 46.3. The van der Waals surface area contributed by atoms with Crippen molar-refractivity contribution >= 4 is 69.8 Å². The van der Waals surface area contributed by atoms with Crippen LogP contribution in [0.1, 0.15) is 116 Å². The van der Waals surface area contributed by atoms with E-state index >= 15 is 4.39 Å². The second kappa shape index (κ2) is 27.6. The number of halogens is 1. The Hall–Kier alpha value is -8.35. The van der Waals surface area contributed by atoms with Crippen LogP contribution in [-0.2, 0) is 93.8 Å². The third-order valence-electron chi connectivity index (χ3n) is 15.2. The summed E-state index contributed by atoms with van der Waals surface area (Å²) in [7, 11) is 0. The van der Waals surface area contributed by atoms with Gasteiger partial charge in [0.05, 0.1) is 74.1 Å². The summed E-state index contributed by atoms with van der Waals surface area (Å²) < 4.78 is 32.9. The van der Waals surface area contributed by atoms with Crippen molar-refractivity contribution in [3.8, 4) is 11.4 Å². The predicted octanol–water partition coefficient (Wildman–Crippen LogP) is 1.92. The average molecular weight is 1150 g/mol. The summed E-state index contributed by atoms with van der Waals surface area (Å²) in [5, 5.41) is 25.8. The van der Waals surface area contributed by atoms with Crippen molar-refractivity contribution in [3.63, 3.8) is 0 Å². The van der Waals surface area contributed by atoms with Crippen molar-refractivity contribution in [2.45, 2.75) is 122 Å². The van der Waals surface area contributed by atoms with Crippen LogP contribution < -0.4 is 32.1 Å². The summed E-state index contributed by atoms with van der Waals surface area (Å²) in [6.07, 6.45) is 2.60. The highest BCUT2D eigenvalue weighted by Crippen LogP contribution is 2.46. The first-order valence-corrected chi connectivity index (χ1v) is 27.8. The molecule has 23 nitrogen and oxygen atoms in total. The highest BCUT2D eigenvalue weighted by Gasteiger charge is 2.46. The Morgan fingerprint density at radius 2 is 1.49 bits per heavy atom. The maximum absolute atomic E-state index is 15.4. The zero-order valence-corrected chi connectivity index (χ0v) is 46.3. The van der Waals surface area contributed by atoms with Gasteiger partial charge in [0.25, 0.3) is 17.4 Å². The van der Waals surface area contributed by atoms with E-state index in [0.717, 1.165) is 28.2 Å². The Labute approximate surface area is 476 Å². The van der Waals surface area contributed by atoms with Crippen molar-refractivity contribution in [1.29, 1.82) is 0 Å². The predicted molar refractivity (Wildman–Crippen MR) is 294 cm³/mol. The number of aromatic nitrogens is 2. The molecule has 1 aliphatic carbocycles. The van der Waals surface area contributed by atoms with Crippen LogP contribution in [0.5, 0.6) is 0 Å². The van der Waals surface area contributed by atoms with Crippen molar-refractivity contribution in [3.05, 3.63) is 110 Å². The number of aryl methyl sites for hydroxylation is 1. The number of carbonyl (C=O) groups excluding carboxylic acids is 10. The fraction of sp³-hybridized carbons (Fsp3) is 0.458. The summed E-state index contributed by atoms with van der Waals surface area (Å²) in [5.41, 5.74) is 2.23. The molecule has 8 rings (SSSR count). The van der Waals surface area contributed by atoms with Gasteiger partial charge in [0.1, 0.15) is 12.4 Å². The lowest BCUT2D eigenvalue weighted by Gasteiger charge is -2.31. The number of cyclic esters (lactones) is 1. The number of imide groups is 1. The molecule has 440 valence electrons. The van der Waals surface area contributed by atoms with E-state index in [-0.39, 0.29) is 153 Å². The lowest BCUT2D eigenvalue weighted by molar-refractivity contribution is -0.172. The Balaban J connectivity index is 0.740. The number of aliphatic hydroxyl groups is 1. The maximum Gasteiger partial charge on any atom is 0.343 e. The number of hydrogen-bond donors (Lipinski definition) is 6. The molecule has 0 spiro atoms. The van der Waals surface area contributed by atoms with Gasteiger partial charge in [-0.1, -0.05) is 37.3 Å². The standard InChI is InChI=1S/C59H67FN8O15/c1-3-59(80)40-29-45-56-38(32-68(45)57(78)39(40)33-83-58(59)79)55-42(13-12-37-34(2)41(60)30-44(66-56)54(37)55)64-50(74)10-7-21-61-47(71)16-14-46(70)43(28-35-8-5-4-6-9-35)65-51(75)15-11-36(69)31-63-49(73)20-24-81-26-27-82-25-22-62-48(72)19-23-67-52(76)17-18-53(67)77/h4-6,8-9,17-18,29-30,42-43,80H,3,7,10-16,19-28,31-33H2,1-2H3,(H,61,71)(H,62,72)(H,63,73)(H,64,74)(H,65,75)/t42?,43-,59-/m0/s1. The summed E-state index contributed by atoms with van der Waals surface area (Å²) in [4.78, 5) is 146. The van der Waals surface area contributed by atoms with E-state index in [1.54, 1.807) is 50.2 Å². The molecule has 2 aromatic heterocycles. The monoisotopic (exact) mass is 1150 g/mol. The molecule has 3 aliphatic heterocycles. The SMILES string of the molecule is CC[C@@]1(O)C(=O)OCc2c1cc1n(c2=O)Cc2c-1nc1cc(F)c(C)c3c1c2C(NC(=O)CCCNC(=O)CCC(=O)[C@H](Cc1ccccc1)NC(=O)CCC(=O)CNC(=O)CCOCCOCCNC(=O)CCN1C(=O)C=CC1=O)CC3. The summed E-state index contributed by atoms with van der Waals surface area (Å²) >= 11 is 0. The fourth-order valence-electron chi connectivity index (χ4n) is 10.6. The van der Waals surface area contributed by atoms with Gasteiger partial charge in [0, 0.05) is 99.3 Å². The molecule has 1 unspecified atom stereocenters. The highest BCUT2D eigenvalue weighted by molar-refractivity contribution is 6.13. The topological polar surface area (TPSA) is 317 Å². The minimum absolute atomic E-state index is 0.0197. The van der Waals surface area contributed by atoms with Gasteiger partial charge in [-0.15, -0.1) is 0 Å². The third kappa shape index (κ3) is 14.7. The fourth-order valence-corrected chi connectivity index (χ4v) is 10.6. The van der Waals surface area contributed by atoms with Gasteiger partial charge in [-0.2, -0.15) is 0 Å². The van der Waals surface area contributed by atoms with E-state index < -0.39 is 76.1 Å². The smallest absolute Gasteiger partial charge is 0.343 e. The molecule has 2 aromatic carbocycles. The summed E-state index contributed by atoms with van der Waals surface area (Å²) in [5.74, 6) is -5.15. The molecule has 24 heteroatoms. The van der Waals surface area contributed by atoms with Crippen molar-refractivity contribution in [1.82, 2.24) is 41.0 Å². The van der Waals surface area contributed by atoms with Crippen LogP contribution in [0.25, 0.3) is 22.3 Å². The molecule has 6 N–H and O–H groups in total. The molecule has 7 amide bonds. The summed E-state index contributed by atoms with van der Waals surface area (Å²) in [6, 6.07) is 10.3. The molecule has 0 bridgehead atoms. The zero-order chi connectivity index (χ0) is 59.4. The van der Waals surface area contributed by atoms with E-state index in [4.69, 9.17) is 19.2 Å². The number of rotatable bonds is 30. The maximum atomic E-state index is 15.4. The van der Waals surface area contributed by atoms with Crippen LogP contribution in [0.3, 0.4) is 0 Å². The van der Waals surface area contributed by atoms with Gasteiger partial charge in [-0.05, 0) is 67.3 Å². The largest absolute Gasteiger partial charge is 0.458 e. The molecule has 0 saturated heterocycles. The number of ether oxygens (including phenoxy) is 3. The van der Waals surface area contributed by atoms with Crippen LogP contribution in [0.4, 0.5) is 4.39 Å². The second-order valence-corrected chi connectivity index (χ2v) is 20.8. The number of pyridine rings is 2. The molecule has 4 aliphatic rings. The Kier molecular flexibility index (Phi) is 20.2. The molecule has 0 radical (unpaired) electrons. The number of carbonyl (C=O) groups is 10. The molecular formula is C59H67FN8O15. The molecule has 0 fully saturated rings. The molecule has 0 saturated carbocycles. The number of fused-ring (bicyclic) bond motifs is 5. The van der Waals surface area contributed by atoms with Gasteiger partial charge in [0.15, 0.2) is 17.2 Å². The third-order valence-corrected chi connectivity index (χ3v) is 15.2. The Bertz CT molecular complexity index is 3310. The summed E-state index contributed by atoms with van der Waals surface area (Å²) in [6.45, 7) is 3.66. The van der Waals surface area contributed by atoms with E-state index in [1.807, 2.05) is 0 Å². The average Bonchev–Trinajstić information content (AvgIpc) is 4.19. The van der Waals surface area contributed by atoms with E-state index in [0.29, 0.717) is 51.8 Å². The van der Waals surface area contributed by atoms with Gasteiger partial charge < -0.3 is 50.5 Å². The number of ketones is 2. The minimum atomic E-state index is -2.04. The number of Topliss-reactive ketones (excluding diaryl/α,β-unsaturated/α-hetero) is 2. The van der Waals surface area contributed by atoms with Crippen LogP contribution >= 0.6 is 0 Å². The first-order valence-electron chi connectivity index (χ1n) is 27.8. The first kappa shape index (κ1) is 60.7. The highest BCUT2D eigenvalue weighted by atomic mass is 19.1. The van der Waals surface area contributed by atoms with Crippen molar-refractivity contribution in [2.75, 3.05) is 52.6 Å². The molecule has 5 heterocycles. The van der Waals surface area contributed by atoms with Gasteiger partial charge in [-0.25, -0.2) is 14.2 Å². The number of nitrogens with one attached hydrogen (secondary N) is 5. The van der Waals surface area contributed by atoms with Crippen molar-refractivity contribution in [2.24, 2.45) is 0 Å². The number of esters is 1. The second-order valence-electron chi connectivity index (χ2n) is 20.8. The lowest BCUT2D eigenvalue weighted by atomic mass is 9.81. The number of nitrogens with zero attached hydrogens (tertiary/aromatic N) is 3. The van der Waals surface area contributed by atoms with Crippen LogP contribution in [0, 0.1) is 12.7 Å². The van der Waals surface area contributed by atoms with Gasteiger partial charge >= 0.3 is 5.97 Å². The van der Waals surface area contributed by atoms with E-state index in [9.17, 15) is 57.8 Å². The molecule has 4 aromatic rings.